The molecule has 29 heavy (non-hydrogen) atoms. The lowest BCUT2D eigenvalue weighted by Gasteiger charge is -2.32. The van der Waals surface area contributed by atoms with Crippen molar-refractivity contribution in [3.8, 4) is 11.3 Å². The summed E-state index contributed by atoms with van der Waals surface area (Å²) in [5, 5.41) is 4.52. The van der Waals surface area contributed by atoms with Gasteiger partial charge in [0.15, 0.2) is 0 Å². The Kier molecular flexibility index (Phi) is 5.51. The minimum atomic E-state index is -0.492. The molecule has 0 atom stereocenters. The Bertz CT molecular complexity index is 1060. The number of rotatable bonds is 4. The molecule has 0 bridgehead atoms. The van der Waals surface area contributed by atoms with E-state index in [1.54, 1.807) is 29.2 Å². The Balaban J connectivity index is 1.42. The van der Waals surface area contributed by atoms with Crippen LogP contribution in [-0.2, 0) is 6.54 Å². The molecule has 0 saturated carbocycles. The number of benzene rings is 2. The maximum Gasteiger partial charge on any atom is 0.266 e. The SMILES string of the molecule is O=C(c1ccccc1F)N1CCC(Cn2nc(-c3ccccc3)ccc2=O)CC1. The van der Waals surface area contributed by atoms with Crippen LogP contribution >= 0.6 is 0 Å². The number of halogens is 1. The lowest BCUT2D eigenvalue weighted by Crippen LogP contribution is -2.40. The van der Waals surface area contributed by atoms with Gasteiger partial charge in [-0.15, -0.1) is 0 Å². The Morgan fingerprint density at radius 2 is 1.66 bits per heavy atom. The highest BCUT2D eigenvalue weighted by Gasteiger charge is 2.25. The molecule has 2 aromatic carbocycles. The molecule has 1 aliphatic rings. The van der Waals surface area contributed by atoms with Crippen molar-refractivity contribution < 1.29 is 9.18 Å². The van der Waals surface area contributed by atoms with E-state index < -0.39 is 5.82 Å². The predicted molar refractivity (Wildman–Crippen MR) is 109 cm³/mol. The molecule has 5 nitrogen and oxygen atoms in total. The van der Waals surface area contributed by atoms with E-state index in [0.717, 1.165) is 24.1 Å². The predicted octanol–water partition coefficient (Wildman–Crippen LogP) is 3.60. The normalized spacial score (nSPS) is 14.7. The smallest absolute Gasteiger partial charge is 0.266 e. The summed E-state index contributed by atoms with van der Waals surface area (Å²) < 4.78 is 15.4. The summed E-state index contributed by atoms with van der Waals surface area (Å²) in [5.41, 5.74) is 1.71. The van der Waals surface area contributed by atoms with E-state index in [2.05, 4.69) is 5.10 Å². The van der Waals surface area contributed by atoms with E-state index in [9.17, 15) is 14.0 Å². The third-order valence-electron chi connectivity index (χ3n) is 5.37. The number of carbonyl (C=O) groups is 1. The van der Waals surface area contributed by atoms with Gasteiger partial charge in [0.25, 0.3) is 11.5 Å². The summed E-state index contributed by atoms with van der Waals surface area (Å²) in [5.74, 6) is -0.521. The molecule has 1 aromatic heterocycles. The van der Waals surface area contributed by atoms with Crippen molar-refractivity contribution in [3.05, 3.63) is 88.5 Å². The molecule has 0 spiro atoms. The van der Waals surface area contributed by atoms with Crippen molar-refractivity contribution in [2.75, 3.05) is 13.1 Å². The van der Waals surface area contributed by atoms with Crippen molar-refractivity contribution >= 4 is 5.91 Å². The van der Waals surface area contributed by atoms with Crippen molar-refractivity contribution in [2.24, 2.45) is 5.92 Å². The molecule has 2 heterocycles. The van der Waals surface area contributed by atoms with Crippen LogP contribution in [0.5, 0.6) is 0 Å². The zero-order valence-corrected chi connectivity index (χ0v) is 16.0. The van der Waals surface area contributed by atoms with Gasteiger partial charge in [0.2, 0.25) is 0 Å². The zero-order chi connectivity index (χ0) is 20.2. The molecule has 0 radical (unpaired) electrons. The van der Waals surface area contributed by atoms with Crippen molar-refractivity contribution in [1.29, 1.82) is 0 Å². The van der Waals surface area contributed by atoms with Crippen LogP contribution in [0.2, 0.25) is 0 Å². The highest BCUT2D eigenvalue weighted by atomic mass is 19.1. The standard InChI is InChI=1S/C23H22FN3O2/c24-20-9-5-4-8-19(20)23(29)26-14-12-17(13-15-26)16-27-22(28)11-10-21(25-27)18-6-2-1-3-7-18/h1-11,17H,12-16H2. The van der Waals surface area contributed by atoms with E-state index in [1.165, 1.54) is 16.8 Å². The quantitative estimate of drug-likeness (QED) is 0.683. The fourth-order valence-corrected chi connectivity index (χ4v) is 3.71. The highest BCUT2D eigenvalue weighted by Crippen LogP contribution is 2.21. The Morgan fingerprint density at radius 1 is 0.966 bits per heavy atom. The summed E-state index contributed by atoms with van der Waals surface area (Å²) in [6.07, 6.45) is 1.51. The lowest BCUT2D eigenvalue weighted by atomic mass is 9.96. The number of carbonyl (C=O) groups excluding carboxylic acids is 1. The van der Waals surface area contributed by atoms with Gasteiger partial charge in [0.05, 0.1) is 11.3 Å². The topological polar surface area (TPSA) is 55.2 Å². The third kappa shape index (κ3) is 4.26. The average Bonchev–Trinajstić information content (AvgIpc) is 2.76. The molecule has 3 aromatic rings. The van der Waals surface area contributed by atoms with Gasteiger partial charge in [-0.25, -0.2) is 9.07 Å². The monoisotopic (exact) mass is 391 g/mol. The molecule has 0 aliphatic carbocycles. The molecular formula is C23H22FN3O2. The van der Waals surface area contributed by atoms with Gasteiger partial charge >= 0.3 is 0 Å². The van der Waals surface area contributed by atoms with E-state index in [-0.39, 0.29) is 22.9 Å². The molecule has 1 aliphatic heterocycles. The molecule has 148 valence electrons. The molecule has 1 amide bonds. The third-order valence-corrected chi connectivity index (χ3v) is 5.37. The van der Waals surface area contributed by atoms with Gasteiger partial charge in [-0.2, -0.15) is 5.10 Å². The fourth-order valence-electron chi connectivity index (χ4n) is 3.71. The van der Waals surface area contributed by atoms with Crippen molar-refractivity contribution in [2.45, 2.75) is 19.4 Å². The number of hydrogen-bond acceptors (Lipinski definition) is 3. The van der Waals surface area contributed by atoms with Crippen LogP contribution in [0.4, 0.5) is 4.39 Å². The average molecular weight is 391 g/mol. The number of piperidine rings is 1. The highest BCUT2D eigenvalue weighted by molar-refractivity contribution is 5.94. The van der Waals surface area contributed by atoms with E-state index in [4.69, 9.17) is 0 Å². The number of likely N-dealkylation sites (tertiary alicyclic amines) is 1. The second-order valence-electron chi connectivity index (χ2n) is 7.32. The molecule has 4 rings (SSSR count). The first-order valence-electron chi connectivity index (χ1n) is 9.79. The molecule has 1 fully saturated rings. The molecule has 0 N–H and O–H groups in total. The minimum absolute atomic E-state index is 0.111. The molecular weight excluding hydrogens is 369 g/mol. The number of nitrogens with zero attached hydrogens (tertiary/aromatic N) is 3. The molecule has 6 heteroatoms. The Morgan fingerprint density at radius 3 is 2.38 bits per heavy atom. The maximum absolute atomic E-state index is 13.9. The Hall–Kier alpha value is -3.28. The zero-order valence-electron chi connectivity index (χ0n) is 16.0. The first-order chi connectivity index (χ1) is 14.1. The summed E-state index contributed by atoms with van der Waals surface area (Å²) >= 11 is 0. The van der Waals surface area contributed by atoms with Gasteiger partial charge in [0, 0.05) is 31.3 Å². The summed E-state index contributed by atoms with van der Waals surface area (Å²) in [4.78, 5) is 26.5. The minimum Gasteiger partial charge on any atom is -0.339 e. The van der Waals surface area contributed by atoms with Crippen LogP contribution in [0, 0.1) is 11.7 Å². The van der Waals surface area contributed by atoms with Crippen molar-refractivity contribution in [1.82, 2.24) is 14.7 Å². The maximum atomic E-state index is 13.9. The second-order valence-corrected chi connectivity index (χ2v) is 7.32. The number of hydrogen-bond donors (Lipinski definition) is 0. The largest absolute Gasteiger partial charge is 0.339 e. The molecule has 0 unspecified atom stereocenters. The number of amides is 1. The van der Waals surface area contributed by atoms with Crippen molar-refractivity contribution in [3.63, 3.8) is 0 Å². The fraction of sp³-hybridized carbons (Fsp3) is 0.261. The van der Waals surface area contributed by atoms with Gasteiger partial charge in [-0.05, 0) is 37.0 Å². The summed E-state index contributed by atoms with van der Waals surface area (Å²) in [6.45, 7) is 1.61. The molecule has 1 saturated heterocycles. The second kappa shape index (κ2) is 8.39. The van der Waals surface area contributed by atoms with Crippen LogP contribution in [-0.4, -0.2) is 33.7 Å². The van der Waals surface area contributed by atoms with E-state index in [1.807, 2.05) is 30.3 Å². The van der Waals surface area contributed by atoms with Gasteiger partial charge in [0.1, 0.15) is 5.82 Å². The first-order valence-corrected chi connectivity index (χ1v) is 9.79. The van der Waals surface area contributed by atoms with Crippen LogP contribution in [0.3, 0.4) is 0 Å². The summed E-state index contributed by atoms with van der Waals surface area (Å²) in [7, 11) is 0. The van der Waals surface area contributed by atoms with Crippen LogP contribution in [0.25, 0.3) is 11.3 Å². The van der Waals surface area contributed by atoms with Crippen LogP contribution in [0.15, 0.2) is 71.5 Å². The van der Waals surface area contributed by atoms with Crippen LogP contribution in [0.1, 0.15) is 23.2 Å². The van der Waals surface area contributed by atoms with E-state index >= 15 is 0 Å². The lowest BCUT2D eigenvalue weighted by molar-refractivity contribution is 0.0676. The first kappa shape index (κ1) is 19.1. The van der Waals surface area contributed by atoms with Gasteiger partial charge in [-0.3, -0.25) is 9.59 Å². The van der Waals surface area contributed by atoms with Crippen LogP contribution < -0.4 is 5.56 Å². The van der Waals surface area contributed by atoms with Gasteiger partial charge < -0.3 is 4.90 Å². The Labute approximate surface area is 168 Å². The van der Waals surface area contributed by atoms with Gasteiger partial charge in [-0.1, -0.05) is 42.5 Å². The van der Waals surface area contributed by atoms with E-state index in [0.29, 0.717) is 19.6 Å². The summed E-state index contributed by atoms with van der Waals surface area (Å²) in [6, 6.07) is 19.1. The number of aromatic nitrogens is 2.